The van der Waals surface area contributed by atoms with Crippen LogP contribution in [0.25, 0.3) is 11.4 Å². The summed E-state index contributed by atoms with van der Waals surface area (Å²) in [5, 5.41) is 4.28. The number of fused-ring (bicyclic) bond motifs is 1. The Morgan fingerprint density at radius 3 is 2.49 bits per heavy atom. The molecule has 2 aliphatic rings. The van der Waals surface area contributed by atoms with Gasteiger partial charge >= 0.3 is 12.1 Å². The third-order valence-electron chi connectivity index (χ3n) is 7.04. The number of ether oxygens (including phenoxy) is 2. The molecule has 1 amide bonds. The van der Waals surface area contributed by atoms with Crippen LogP contribution in [0.2, 0.25) is 0 Å². The zero-order chi connectivity index (χ0) is 25.0. The van der Waals surface area contributed by atoms with Gasteiger partial charge in [0.15, 0.2) is 0 Å². The first-order valence-electron chi connectivity index (χ1n) is 12.7. The van der Waals surface area contributed by atoms with Gasteiger partial charge in [0.1, 0.15) is 5.60 Å². The molecule has 0 bridgehead atoms. The summed E-state index contributed by atoms with van der Waals surface area (Å²) in [6.45, 7) is 6.94. The molecule has 2 heterocycles. The maximum Gasteiger partial charge on any atom is 0.410 e. The number of hydrogen-bond donors (Lipinski definition) is 0. The average molecular weight is 484 g/mol. The van der Waals surface area contributed by atoms with E-state index in [1.807, 2.05) is 26.8 Å². The Labute approximate surface area is 207 Å². The highest BCUT2D eigenvalue weighted by Crippen LogP contribution is 2.37. The fourth-order valence-corrected chi connectivity index (χ4v) is 5.01. The van der Waals surface area contributed by atoms with E-state index in [1.54, 1.807) is 4.90 Å². The SMILES string of the molecule is COC(=O)CCC1CCC(c2nc(-c3ccc4c(c3)CCN(C(=O)OC(C)(C)C)CC4)no2)CC1. The van der Waals surface area contributed by atoms with Crippen LogP contribution in [0.1, 0.15) is 82.2 Å². The van der Waals surface area contributed by atoms with Gasteiger partial charge in [0.25, 0.3) is 0 Å². The van der Waals surface area contributed by atoms with Crippen molar-refractivity contribution < 1.29 is 23.6 Å². The number of carbonyl (C=O) groups is 2. The molecule has 1 saturated carbocycles. The molecule has 2 aromatic rings. The number of carbonyl (C=O) groups excluding carboxylic acids is 2. The first-order valence-corrected chi connectivity index (χ1v) is 12.7. The van der Waals surface area contributed by atoms with Gasteiger partial charge in [0, 0.05) is 31.0 Å². The van der Waals surface area contributed by atoms with Gasteiger partial charge in [-0.1, -0.05) is 17.3 Å². The minimum absolute atomic E-state index is 0.132. The van der Waals surface area contributed by atoms with E-state index in [2.05, 4.69) is 17.3 Å². The molecule has 0 spiro atoms. The standard InChI is InChI=1S/C27H37N3O5/c1-27(2,3)34-26(32)30-15-13-19-10-11-22(17-21(19)14-16-30)24-28-25(35-29-24)20-8-5-18(6-9-20)7-12-23(31)33-4/h10-11,17-18,20H,5-9,12-16H2,1-4H3. The molecule has 1 aliphatic heterocycles. The van der Waals surface area contributed by atoms with Crippen LogP contribution in [-0.4, -0.2) is 52.9 Å². The van der Waals surface area contributed by atoms with Gasteiger partial charge in [-0.2, -0.15) is 4.98 Å². The van der Waals surface area contributed by atoms with Crippen LogP contribution in [0.4, 0.5) is 4.79 Å². The molecule has 0 saturated heterocycles. The third kappa shape index (κ3) is 6.61. The molecule has 1 aromatic carbocycles. The second-order valence-electron chi connectivity index (χ2n) is 10.7. The third-order valence-corrected chi connectivity index (χ3v) is 7.04. The van der Waals surface area contributed by atoms with Crippen LogP contribution in [0.3, 0.4) is 0 Å². The molecular weight excluding hydrogens is 446 g/mol. The monoisotopic (exact) mass is 483 g/mol. The fourth-order valence-electron chi connectivity index (χ4n) is 5.01. The van der Waals surface area contributed by atoms with Crippen molar-refractivity contribution in [1.82, 2.24) is 15.0 Å². The maximum atomic E-state index is 12.5. The summed E-state index contributed by atoms with van der Waals surface area (Å²) in [5.41, 5.74) is 2.90. The van der Waals surface area contributed by atoms with Crippen LogP contribution in [0, 0.1) is 5.92 Å². The van der Waals surface area contributed by atoms with Crippen LogP contribution in [0.15, 0.2) is 22.7 Å². The first kappa shape index (κ1) is 25.2. The molecule has 190 valence electrons. The predicted octanol–water partition coefficient (Wildman–Crippen LogP) is 5.30. The van der Waals surface area contributed by atoms with Crippen LogP contribution < -0.4 is 0 Å². The van der Waals surface area contributed by atoms with Crippen LogP contribution >= 0.6 is 0 Å². The van der Waals surface area contributed by atoms with E-state index < -0.39 is 5.60 Å². The highest BCUT2D eigenvalue weighted by molar-refractivity contribution is 5.69. The Morgan fingerprint density at radius 2 is 1.80 bits per heavy atom. The molecule has 0 unspecified atom stereocenters. The van der Waals surface area contributed by atoms with E-state index in [9.17, 15) is 9.59 Å². The van der Waals surface area contributed by atoms with Gasteiger partial charge in [0.2, 0.25) is 11.7 Å². The highest BCUT2D eigenvalue weighted by atomic mass is 16.6. The molecule has 1 aromatic heterocycles. The van der Waals surface area contributed by atoms with E-state index >= 15 is 0 Å². The number of esters is 1. The minimum atomic E-state index is -0.498. The molecule has 0 atom stereocenters. The topological polar surface area (TPSA) is 94.8 Å². The number of hydrogen-bond acceptors (Lipinski definition) is 7. The average Bonchev–Trinajstić information content (AvgIpc) is 3.22. The molecule has 8 heteroatoms. The lowest BCUT2D eigenvalue weighted by Gasteiger charge is -2.26. The number of methoxy groups -OCH3 is 1. The molecule has 1 aliphatic carbocycles. The molecular formula is C27H37N3O5. The number of rotatable bonds is 5. The normalized spacial score (nSPS) is 20.6. The van der Waals surface area contributed by atoms with Crippen molar-refractivity contribution in [3.05, 3.63) is 35.2 Å². The zero-order valence-corrected chi connectivity index (χ0v) is 21.3. The molecule has 4 rings (SSSR count). The minimum Gasteiger partial charge on any atom is -0.469 e. The molecule has 0 N–H and O–H groups in total. The molecule has 1 fully saturated rings. The van der Waals surface area contributed by atoms with E-state index in [1.165, 1.54) is 18.2 Å². The smallest absolute Gasteiger partial charge is 0.410 e. The number of benzene rings is 1. The van der Waals surface area contributed by atoms with Crippen molar-refractivity contribution in [2.75, 3.05) is 20.2 Å². The molecule has 0 radical (unpaired) electrons. The van der Waals surface area contributed by atoms with Gasteiger partial charge in [-0.05, 0) is 88.8 Å². The summed E-state index contributed by atoms with van der Waals surface area (Å²) in [7, 11) is 1.44. The van der Waals surface area contributed by atoms with E-state index in [0.29, 0.717) is 37.1 Å². The van der Waals surface area contributed by atoms with E-state index in [0.717, 1.165) is 50.5 Å². The number of amides is 1. The van der Waals surface area contributed by atoms with Crippen molar-refractivity contribution in [1.29, 1.82) is 0 Å². The summed E-state index contributed by atoms with van der Waals surface area (Å²) in [4.78, 5) is 30.4. The number of aromatic nitrogens is 2. The van der Waals surface area contributed by atoms with Crippen molar-refractivity contribution in [2.45, 2.75) is 83.7 Å². The second kappa shape index (κ2) is 10.8. The van der Waals surface area contributed by atoms with E-state index in [-0.39, 0.29) is 18.0 Å². The Balaban J connectivity index is 1.36. The maximum absolute atomic E-state index is 12.5. The Kier molecular flexibility index (Phi) is 7.77. The fraction of sp³-hybridized carbons (Fsp3) is 0.630. The van der Waals surface area contributed by atoms with Crippen molar-refractivity contribution >= 4 is 12.1 Å². The van der Waals surface area contributed by atoms with Gasteiger partial charge in [-0.3, -0.25) is 4.79 Å². The Morgan fingerprint density at radius 1 is 1.09 bits per heavy atom. The number of nitrogens with zero attached hydrogens (tertiary/aromatic N) is 3. The van der Waals surface area contributed by atoms with Crippen LogP contribution in [-0.2, 0) is 27.1 Å². The summed E-state index contributed by atoms with van der Waals surface area (Å²) in [6.07, 6.45) is 6.80. The van der Waals surface area contributed by atoms with Gasteiger partial charge in [-0.25, -0.2) is 4.79 Å². The van der Waals surface area contributed by atoms with Crippen LogP contribution in [0.5, 0.6) is 0 Å². The quantitative estimate of drug-likeness (QED) is 0.533. The lowest BCUT2D eigenvalue weighted by molar-refractivity contribution is -0.141. The largest absolute Gasteiger partial charge is 0.469 e. The highest BCUT2D eigenvalue weighted by Gasteiger charge is 2.28. The lowest BCUT2D eigenvalue weighted by atomic mass is 9.80. The summed E-state index contributed by atoms with van der Waals surface area (Å²) >= 11 is 0. The zero-order valence-electron chi connectivity index (χ0n) is 21.3. The summed E-state index contributed by atoms with van der Waals surface area (Å²) in [6, 6.07) is 6.29. The van der Waals surface area contributed by atoms with Gasteiger partial charge in [0.05, 0.1) is 7.11 Å². The molecule has 8 nitrogen and oxygen atoms in total. The van der Waals surface area contributed by atoms with Gasteiger partial charge in [-0.15, -0.1) is 0 Å². The van der Waals surface area contributed by atoms with Crippen molar-refractivity contribution in [3.63, 3.8) is 0 Å². The predicted molar refractivity (Wildman–Crippen MR) is 131 cm³/mol. The van der Waals surface area contributed by atoms with Crippen molar-refractivity contribution in [3.8, 4) is 11.4 Å². The summed E-state index contributed by atoms with van der Waals surface area (Å²) in [5.74, 6) is 2.01. The molecule has 35 heavy (non-hydrogen) atoms. The Hall–Kier alpha value is -2.90. The van der Waals surface area contributed by atoms with Crippen molar-refractivity contribution in [2.24, 2.45) is 5.92 Å². The van der Waals surface area contributed by atoms with Gasteiger partial charge < -0.3 is 18.9 Å². The van der Waals surface area contributed by atoms with E-state index in [4.69, 9.17) is 19.0 Å². The lowest BCUT2D eigenvalue weighted by Crippen LogP contribution is -2.38. The first-order chi connectivity index (χ1) is 16.7. The summed E-state index contributed by atoms with van der Waals surface area (Å²) < 4.78 is 16.0. The second-order valence-corrected chi connectivity index (χ2v) is 10.7. The Bertz CT molecular complexity index is 1030.